The Bertz CT molecular complexity index is 564. The molecule has 2 fully saturated rings. The molecule has 2 amide bonds. The molecule has 2 N–H and O–H groups in total. The Kier molecular flexibility index (Phi) is 4.48. The SMILES string of the molecule is C[C@@]1(C(=O)NCCC(=O)N[C@H]2CCS(=O)(=O)C2)CC1(Cl)Cl. The highest BCUT2D eigenvalue weighted by atomic mass is 35.5. The average Bonchev–Trinajstić information content (AvgIpc) is 2.68. The number of alkyl halides is 2. The fourth-order valence-electron chi connectivity index (χ4n) is 2.34. The van der Waals surface area contributed by atoms with E-state index in [1.807, 2.05) is 0 Å². The lowest BCUT2D eigenvalue weighted by molar-refractivity contribution is -0.126. The van der Waals surface area contributed by atoms with Gasteiger partial charge < -0.3 is 10.6 Å². The lowest BCUT2D eigenvalue weighted by atomic mass is 10.1. The first-order valence-electron chi connectivity index (χ1n) is 6.72. The minimum absolute atomic E-state index is 0.00974. The summed E-state index contributed by atoms with van der Waals surface area (Å²) in [6.45, 7) is 1.84. The summed E-state index contributed by atoms with van der Waals surface area (Å²) >= 11 is 11.8. The number of carbonyl (C=O) groups excluding carboxylic acids is 2. The van der Waals surface area contributed by atoms with Crippen molar-refractivity contribution in [2.45, 2.75) is 36.6 Å². The number of hydrogen-bond acceptors (Lipinski definition) is 4. The zero-order chi connectivity index (χ0) is 15.9. The molecule has 1 heterocycles. The minimum Gasteiger partial charge on any atom is -0.355 e. The zero-order valence-electron chi connectivity index (χ0n) is 11.6. The standard InChI is InChI=1S/C12H18Cl2N2O4S/c1-11(7-12(11,13)14)10(18)15-4-2-9(17)16-8-3-5-21(19,20)6-8/h8H,2-7H2,1H3,(H,15,18)(H,16,17)/t8-,11-/m0/s1. The molecule has 0 aromatic carbocycles. The highest BCUT2D eigenvalue weighted by Crippen LogP contribution is 2.63. The van der Waals surface area contributed by atoms with Crippen molar-refractivity contribution in [1.29, 1.82) is 0 Å². The molecular formula is C12H18Cl2N2O4S. The number of nitrogens with one attached hydrogen (secondary N) is 2. The molecule has 0 radical (unpaired) electrons. The van der Waals surface area contributed by atoms with Crippen LogP contribution < -0.4 is 10.6 Å². The van der Waals surface area contributed by atoms with E-state index in [-0.39, 0.29) is 42.3 Å². The van der Waals surface area contributed by atoms with E-state index in [0.29, 0.717) is 12.8 Å². The van der Waals surface area contributed by atoms with Crippen molar-refractivity contribution in [1.82, 2.24) is 10.6 Å². The van der Waals surface area contributed by atoms with E-state index >= 15 is 0 Å². The summed E-state index contributed by atoms with van der Waals surface area (Å²) in [6.07, 6.45) is 0.927. The fraction of sp³-hybridized carbons (Fsp3) is 0.833. The summed E-state index contributed by atoms with van der Waals surface area (Å²) in [6, 6.07) is -0.322. The first-order chi connectivity index (χ1) is 9.56. The lowest BCUT2D eigenvalue weighted by Crippen LogP contribution is -2.39. The highest BCUT2D eigenvalue weighted by Gasteiger charge is 2.67. The van der Waals surface area contributed by atoms with Gasteiger partial charge in [0.05, 0.1) is 16.9 Å². The van der Waals surface area contributed by atoms with Crippen LogP contribution in [0.4, 0.5) is 0 Å². The Hall–Kier alpha value is -0.530. The Morgan fingerprint density at radius 2 is 1.95 bits per heavy atom. The van der Waals surface area contributed by atoms with Gasteiger partial charge in [0.25, 0.3) is 0 Å². The second-order valence-corrected chi connectivity index (χ2v) is 9.60. The van der Waals surface area contributed by atoms with Crippen molar-refractivity contribution < 1.29 is 18.0 Å². The molecule has 2 aliphatic rings. The average molecular weight is 357 g/mol. The van der Waals surface area contributed by atoms with Crippen molar-refractivity contribution in [3.63, 3.8) is 0 Å². The van der Waals surface area contributed by atoms with E-state index in [0.717, 1.165) is 0 Å². The van der Waals surface area contributed by atoms with E-state index < -0.39 is 19.6 Å². The summed E-state index contributed by atoms with van der Waals surface area (Å²) in [5, 5.41) is 5.28. The maximum atomic E-state index is 11.9. The number of sulfone groups is 1. The van der Waals surface area contributed by atoms with E-state index in [4.69, 9.17) is 23.2 Å². The van der Waals surface area contributed by atoms with Crippen molar-refractivity contribution >= 4 is 44.9 Å². The van der Waals surface area contributed by atoms with Gasteiger partial charge in [0.2, 0.25) is 11.8 Å². The third-order valence-electron chi connectivity index (χ3n) is 3.99. The Labute approximate surface area is 133 Å². The first-order valence-corrected chi connectivity index (χ1v) is 9.29. The third-order valence-corrected chi connectivity index (χ3v) is 6.86. The van der Waals surface area contributed by atoms with Gasteiger partial charge in [-0.2, -0.15) is 0 Å². The Balaban J connectivity index is 1.68. The smallest absolute Gasteiger partial charge is 0.229 e. The van der Waals surface area contributed by atoms with Crippen LogP contribution in [0.5, 0.6) is 0 Å². The molecule has 0 aromatic heterocycles. The second kappa shape index (κ2) is 5.59. The number of rotatable bonds is 5. The topological polar surface area (TPSA) is 92.3 Å². The Morgan fingerprint density at radius 3 is 2.43 bits per heavy atom. The van der Waals surface area contributed by atoms with Crippen LogP contribution in [0.15, 0.2) is 0 Å². The van der Waals surface area contributed by atoms with Gasteiger partial charge in [-0.05, 0) is 19.8 Å². The van der Waals surface area contributed by atoms with E-state index in [1.54, 1.807) is 6.92 Å². The molecule has 6 nitrogen and oxygen atoms in total. The van der Waals surface area contributed by atoms with Gasteiger partial charge in [-0.15, -0.1) is 23.2 Å². The normalized spacial score (nSPS) is 32.4. The second-order valence-electron chi connectivity index (χ2n) is 5.89. The molecule has 9 heteroatoms. The quantitative estimate of drug-likeness (QED) is 0.696. The molecule has 1 saturated carbocycles. The number of amides is 2. The van der Waals surface area contributed by atoms with Crippen LogP contribution in [0.3, 0.4) is 0 Å². The van der Waals surface area contributed by atoms with Crippen LogP contribution in [-0.2, 0) is 19.4 Å². The Morgan fingerprint density at radius 1 is 1.33 bits per heavy atom. The van der Waals surface area contributed by atoms with Crippen molar-refractivity contribution in [2.75, 3.05) is 18.1 Å². The monoisotopic (exact) mass is 356 g/mol. The highest BCUT2D eigenvalue weighted by molar-refractivity contribution is 7.91. The summed E-state index contributed by atoms with van der Waals surface area (Å²) in [5.74, 6) is -0.449. The molecule has 120 valence electrons. The molecular weight excluding hydrogens is 339 g/mol. The lowest BCUT2D eigenvalue weighted by Gasteiger charge is -2.14. The van der Waals surface area contributed by atoms with Gasteiger partial charge in [-0.25, -0.2) is 8.42 Å². The summed E-state index contributed by atoms with van der Waals surface area (Å²) in [5.41, 5.74) is -0.799. The molecule has 21 heavy (non-hydrogen) atoms. The summed E-state index contributed by atoms with van der Waals surface area (Å²) in [7, 11) is -3.01. The molecule has 2 rings (SSSR count). The summed E-state index contributed by atoms with van der Waals surface area (Å²) in [4.78, 5) is 23.5. The molecule has 2 atom stereocenters. The molecule has 0 spiro atoms. The van der Waals surface area contributed by atoms with Gasteiger partial charge in [0.1, 0.15) is 4.33 Å². The van der Waals surface area contributed by atoms with Gasteiger partial charge in [-0.3, -0.25) is 9.59 Å². The van der Waals surface area contributed by atoms with Crippen LogP contribution in [0.2, 0.25) is 0 Å². The molecule has 0 aromatic rings. The van der Waals surface area contributed by atoms with Crippen LogP contribution in [0.25, 0.3) is 0 Å². The third kappa shape index (κ3) is 3.81. The van der Waals surface area contributed by atoms with Crippen molar-refractivity contribution in [3.05, 3.63) is 0 Å². The van der Waals surface area contributed by atoms with Gasteiger partial charge in [0.15, 0.2) is 9.84 Å². The van der Waals surface area contributed by atoms with Gasteiger partial charge >= 0.3 is 0 Å². The van der Waals surface area contributed by atoms with Gasteiger partial charge in [0, 0.05) is 19.0 Å². The van der Waals surface area contributed by atoms with Crippen molar-refractivity contribution in [3.8, 4) is 0 Å². The molecule has 1 saturated heterocycles. The zero-order valence-corrected chi connectivity index (χ0v) is 13.9. The van der Waals surface area contributed by atoms with Crippen LogP contribution in [-0.4, -0.2) is 48.7 Å². The number of carbonyl (C=O) groups is 2. The molecule has 1 aliphatic heterocycles. The van der Waals surface area contributed by atoms with Gasteiger partial charge in [-0.1, -0.05) is 0 Å². The van der Waals surface area contributed by atoms with Crippen LogP contribution >= 0.6 is 23.2 Å². The molecule has 0 unspecified atom stereocenters. The minimum atomic E-state index is -3.01. The van der Waals surface area contributed by atoms with Crippen LogP contribution in [0, 0.1) is 5.41 Å². The first kappa shape index (κ1) is 16.8. The fourth-order valence-corrected chi connectivity index (χ4v) is 4.72. The maximum absolute atomic E-state index is 11.9. The van der Waals surface area contributed by atoms with Crippen LogP contribution in [0.1, 0.15) is 26.2 Å². The summed E-state index contributed by atoms with van der Waals surface area (Å²) < 4.78 is 21.5. The largest absolute Gasteiger partial charge is 0.355 e. The predicted octanol–water partition coefficient (Wildman–Crippen LogP) is 0.380. The maximum Gasteiger partial charge on any atom is 0.229 e. The molecule has 0 bridgehead atoms. The van der Waals surface area contributed by atoms with Crippen molar-refractivity contribution in [2.24, 2.45) is 5.41 Å². The number of halogens is 2. The predicted molar refractivity (Wildman–Crippen MR) is 80.0 cm³/mol. The van der Waals surface area contributed by atoms with E-state index in [2.05, 4.69) is 10.6 Å². The van der Waals surface area contributed by atoms with E-state index in [9.17, 15) is 18.0 Å². The van der Waals surface area contributed by atoms with E-state index in [1.165, 1.54) is 0 Å². The molecule has 1 aliphatic carbocycles. The number of hydrogen-bond donors (Lipinski definition) is 2.